The van der Waals surface area contributed by atoms with E-state index in [0.29, 0.717) is 12.8 Å². The molecule has 1 fully saturated rings. The van der Waals surface area contributed by atoms with Gasteiger partial charge in [0.15, 0.2) is 0 Å². The summed E-state index contributed by atoms with van der Waals surface area (Å²) in [6.45, 7) is 0.237. The van der Waals surface area contributed by atoms with Gasteiger partial charge in [-0.1, -0.05) is 0 Å². The average molecular weight is 171 g/mol. The number of likely N-dealkylation sites (tertiary alicyclic amines) is 1. The number of carboxylic acid groups (broad SMARTS) is 2. The number of carboxylic acids is 1. The molecule has 1 heterocycles. The lowest BCUT2D eigenvalue weighted by Crippen LogP contribution is -2.56. The lowest BCUT2D eigenvalue weighted by Gasteiger charge is -2.37. The van der Waals surface area contributed by atoms with Crippen molar-refractivity contribution < 1.29 is 19.8 Å². The Hall–Kier alpha value is -1.26. The summed E-state index contributed by atoms with van der Waals surface area (Å²) >= 11 is 0. The van der Waals surface area contributed by atoms with Gasteiger partial charge in [-0.15, -0.1) is 0 Å². The first-order valence-electron chi connectivity index (χ1n) is 3.81. The molecule has 1 saturated heterocycles. The summed E-state index contributed by atoms with van der Waals surface area (Å²) in [5.74, 6) is -1.33. The van der Waals surface area contributed by atoms with Crippen LogP contribution in [0, 0.1) is 0 Å². The number of carbonyl (C=O) groups excluding carboxylic acids is 2. The zero-order valence-corrected chi connectivity index (χ0v) is 6.49. The molecule has 1 amide bonds. The largest absolute Gasteiger partial charge is 0.548 e. The van der Waals surface area contributed by atoms with Gasteiger partial charge in [0, 0.05) is 6.54 Å². The molecule has 12 heavy (non-hydrogen) atoms. The fourth-order valence-corrected chi connectivity index (χ4v) is 1.40. The second-order valence-electron chi connectivity index (χ2n) is 2.79. The van der Waals surface area contributed by atoms with E-state index in [1.807, 2.05) is 0 Å². The molecule has 0 spiro atoms. The maximum atomic E-state index is 10.4. The molecule has 5 heteroatoms. The van der Waals surface area contributed by atoms with Gasteiger partial charge >= 0.3 is 0 Å². The van der Waals surface area contributed by atoms with E-state index in [-0.39, 0.29) is 6.54 Å². The summed E-state index contributed by atoms with van der Waals surface area (Å²) in [6.07, 6.45) is 0.320. The highest BCUT2D eigenvalue weighted by Crippen LogP contribution is 2.15. The van der Waals surface area contributed by atoms with Crippen LogP contribution in [0.3, 0.4) is 0 Å². The summed E-state index contributed by atoms with van der Waals surface area (Å²) in [5, 5.41) is 20.8. The molecule has 0 aromatic heterocycles. The zero-order valence-electron chi connectivity index (χ0n) is 6.49. The molecule has 1 aliphatic heterocycles. The summed E-state index contributed by atoms with van der Waals surface area (Å²) < 4.78 is 0. The van der Waals surface area contributed by atoms with Crippen LogP contribution in [0.5, 0.6) is 0 Å². The first-order chi connectivity index (χ1) is 5.63. The lowest BCUT2D eigenvalue weighted by molar-refractivity contribution is -0.317. The van der Waals surface area contributed by atoms with E-state index < -0.39 is 18.1 Å². The first-order valence-corrected chi connectivity index (χ1v) is 3.81. The van der Waals surface area contributed by atoms with Gasteiger partial charge in [0.05, 0.1) is 12.0 Å². The van der Waals surface area contributed by atoms with Crippen LogP contribution in [-0.2, 0) is 4.79 Å². The highest BCUT2D eigenvalue weighted by Gasteiger charge is 2.22. The Morgan fingerprint density at radius 2 is 1.92 bits per heavy atom. The third kappa shape index (κ3) is 1.66. The lowest BCUT2D eigenvalue weighted by atomic mass is 10.0. The Balaban J connectivity index is 2.67. The van der Waals surface area contributed by atoms with Crippen molar-refractivity contribution in [3.8, 4) is 0 Å². The van der Waals surface area contributed by atoms with Crippen molar-refractivity contribution >= 4 is 12.1 Å². The van der Waals surface area contributed by atoms with Crippen LogP contribution in [0.15, 0.2) is 0 Å². The topological polar surface area (TPSA) is 83.5 Å². The molecule has 0 aromatic carbocycles. The molecule has 0 aliphatic carbocycles. The molecule has 1 rings (SSSR count). The summed E-state index contributed by atoms with van der Waals surface area (Å²) in [4.78, 5) is 21.6. The van der Waals surface area contributed by atoms with Crippen LogP contribution < -0.4 is 10.2 Å². The predicted molar refractivity (Wildman–Crippen MR) is 34.7 cm³/mol. The number of piperidine rings is 1. The summed E-state index contributed by atoms with van der Waals surface area (Å²) in [7, 11) is 0. The van der Waals surface area contributed by atoms with Crippen molar-refractivity contribution in [1.29, 1.82) is 0 Å². The van der Waals surface area contributed by atoms with E-state index in [4.69, 9.17) is 0 Å². The molecule has 68 valence electrons. The van der Waals surface area contributed by atoms with E-state index in [0.717, 1.165) is 11.3 Å². The van der Waals surface area contributed by atoms with Gasteiger partial charge in [-0.2, -0.15) is 0 Å². The Kier molecular flexibility index (Phi) is 2.52. The minimum absolute atomic E-state index is 0.237. The van der Waals surface area contributed by atoms with Gasteiger partial charge in [0.1, 0.15) is 6.09 Å². The van der Waals surface area contributed by atoms with Crippen LogP contribution in [0.2, 0.25) is 0 Å². The molecule has 1 aliphatic rings. The number of hydrogen-bond donors (Lipinski definition) is 0. The Morgan fingerprint density at radius 1 is 1.25 bits per heavy atom. The number of carbonyl (C=O) groups is 2. The van der Waals surface area contributed by atoms with Crippen molar-refractivity contribution in [2.45, 2.75) is 25.3 Å². The number of hydrogen-bond acceptors (Lipinski definition) is 4. The van der Waals surface area contributed by atoms with Crippen LogP contribution in [0.1, 0.15) is 19.3 Å². The number of aliphatic carboxylic acids is 1. The third-order valence-corrected chi connectivity index (χ3v) is 2.01. The standard InChI is InChI=1S/C7H11NO4/c9-6(10)5-3-1-2-4-8(5)7(11)12/h5H,1-4H2,(H,9,10)(H,11,12)/p-2. The van der Waals surface area contributed by atoms with Crippen LogP contribution >= 0.6 is 0 Å². The second-order valence-corrected chi connectivity index (χ2v) is 2.79. The Labute approximate surface area is 69.6 Å². The van der Waals surface area contributed by atoms with Crippen molar-refractivity contribution in [2.24, 2.45) is 0 Å². The normalized spacial score (nSPS) is 23.7. The fourth-order valence-electron chi connectivity index (χ4n) is 1.40. The molecule has 1 atom stereocenters. The number of nitrogens with zero attached hydrogens (tertiary/aromatic N) is 1. The van der Waals surface area contributed by atoms with Gasteiger partial charge in [-0.3, -0.25) is 0 Å². The second kappa shape index (κ2) is 3.42. The van der Waals surface area contributed by atoms with Gasteiger partial charge in [0.2, 0.25) is 0 Å². The van der Waals surface area contributed by atoms with E-state index in [1.54, 1.807) is 0 Å². The number of rotatable bonds is 1. The van der Waals surface area contributed by atoms with Crippen LogP contribution in [-0.4, -0.2) is 29.5 Å². The maximum Gasteiger partial charge on any atom is 0.137 e. The highest BCUT2D eigenvalue weighted by atomic mass is 16.4. The minimum atomic E-state index is -1.43. The first kappa shape index (κ1) is 8.83. The van der Waals surface area contributed by atoms with E-state index in [9.17, 15) is 19.8 Å². The molecule has 0 aromatic rings. The van der Waals surface area contributed by atoms with Gasteiger partial charge in [-0.25, -0.2) is 0 Å². The summed E-state index contributed by atoms with van der Waals surface area (Å²) in [5.41, 5.74) is 0. The third-order valence-electron chi connectivity index (χ3n) is 2.01. The minimum Gasteiger partial charge on any atom is -0.548 e. The Morgan fingerprint density at radius 3 is 2.33 bits per heavy atom. The van der Waals surface area contributed by atoms with Crippen molar-refractivity contribution in [3.63, 3.8) is 0 Å². The van der Waals surface area contributed by atoms with Gasteiger partial charge < -0.3 is 24.7 Å². The molecular formula is C7H9NO4-2. The van der Waals surface area contributed by atoms with Crippen molar-refractivity contribution in [1.82, 2.24) is 4.90 Å². The highest BCUT2D eigenvalue weighted by molar-refractivity contribution is 5.77. The van der Waals surface area contributed by atoms with Gasteiger partial charge in [0.25, 0.3) is 0 Å². The zero-order chi connectivity index (χ0) is 9.14. The Bertz CT molecular complexity index is 182. The van der Waals surface area contributed by atoms with E-state index in [1.165, 1.54) is 0 Å². The van der Waals surface area contributed by atoms with Crippen molar-refractivity contribution in [2.75, 3.05) is 6.54 Å². The average Bonchev–Trinajstić information content (AvgIpc) is 2.04. The van der Waals surface area contributed by atoms with Crippen LogP contribution in [0.25, 0.3) is 0 Å². The van der Waals surface area contributed by atoms with E-state index in [2.05, 4.69) is 0 Å². The fraction of sp³-hybridized carbons (Fsp3) is 0.714. The molecule has 5 nitrogen and oxygen atoms in total. The SMILES string of the molecule is O=C([O-])C1CCCCN1C(=O)[O-]. The molecule has 0 bridgehead atoms. The quantitative estimate of drug-likeness (QED) is 0.454. The molecular weight excluding hydrogens is 162 g/mol. The predicted octanol–water partition coefficient (Wildman–Crippen LogP) is -2.07. The molecule has 0 N–H and O–H groups in total. The van der Waals surface area contributed by atoms with Crippen LogP contribution in [0.4, 0.5) is 4.79 Å². The van der Waals surface area contributed by atoms with Gasteiger partial charge in [-0.05, 0) is 19.3 Å². The maximum absolute atomic E-state index is 10.4. The molecule has 1 unspecified atom stereocenters. The molecule has 0 radical (unpaired) electrons. The summed E-state index contributed by atoms with van der Waals surface area (Å²) in [6, 6.07) is -1.01. The van der Waals surface area contributed by atoms with Crippen molar-refractivity contribution in [3.05, 3.63) is 0 Å². The number of amides is 1. The van der Waals surface area contributed by atoms with E-state index >= 15 is 0 Å². The smallest absolute Gasteiger partial charge is 0.137 e. The monoisotopic (exact) mass is 171 g/mol. The molecule has 0 saturated carbocycles.